The van der Waals surface area contributed by atoms with Crippen molar-refractivity contribution in [2.75, 3.05) is 0 Å². The zero-order valence-corrected chi connectivity index (χ0v) is 13.5. The molecule has 0 N–H and O–H groups in total. The van der Waals surface area contributed by atoms with Gasteiger partial charge in [0.2, 0.25) is 0 Å². The van der Waals surface area contributed by atoms with Crippen LogP contribution in [0.2, 0.25) is 5.02 Å². The van der Waals surface area contributed by atoms with Crippen molar-refractivity contribution in [3.8, 4) is 0 Å². The van der Waals surface area contributed by atoms with Crippen molar-refractivity contribution in [3.05, 3.63) is 52.4 Å². The standard InChI is InChI=1S/C17H20ClN3/c1-4-14-17(18)16(21(5-2)19-14)11-20-12(3)10-13-8-6-7-9-15(13)20/h6-10H,4-5,11H2,1-3H3. The largest absolute Gasteiger partial charge is 0.339 e. The van der Waals surface area contributed by atoms with E-state index in [0.29, 0.717) is 0 Å². The van der Waals surface area contributed by atoms with Gasteiger partial charge in [0.1, 0.15) is 0 Å². The van der Waals surface area contributed by atoms with E-state index >= 15 is 0 Å². The van der Waals surface area contributed by atoms with Gasteiger partial charge in [0.15, 0.2) is 0 Å². The van der Waals surface area contributed by atoms with Crippen LogP contribution in [0.5, 0.6) is 0 Å². The summed E-state index contributed by atoms with van der Waals surface area (Å²) in [6.07, 6.45) is 0.865. The van der Waals surface area contributed by atoms with Gasteiger partial charge in [0, 0.05) is 17.8 Å². The Hall–Kier alpha value is -1.74. The number of rotatable bonds is 4. The fourth-order valence-electron chi connectivity index (χ4n) is 2.88. The van der Waals surface area contributed by atoms with E-state index in [9.17, 15) is 0 Å². The van der Waals surface area contributed by atoms with Crippen LogP contribution < -0.4 is 0 Å². The van der Waals surface area contributed by atoms with E-state index in [1.165, 1.54) is 16.6 Å². The molecule has 0 aliphatic rings. The number of aryl methyl sites for hydroxylation is 3. The quantitative estimate of drug-likeness (QED) is 0.699. The van der Waals surface area contributed by atoms with Crippen molar-refractivity contribution in [1.82, 2.24) is 14.3 Å². The van der Waals surface area contributed by atoms with Gasteiger partial charge >= 0.3 is 0 Å². The highest BCUT2D eigenvalue weighted by Crippen LogP contribution is 2.26. The highest BCUT2D eigenvalue weighted by atomic mass is 35.5. The van der Waals surface area contributed by atoms with Gasteiger partial charge in [0.25, 0.3) is 0 Å². The molecule has 3 nitrogen and oxygen atoms in total. The normalized spacial score (nSPS) is 11.4. The summed E-state index contributed by atoms with van der Waals surface area (Å²) in [5, 5.41) is 6.69. The molecule has 21 heavy (non-hydrogen) atoms. The summed E-state index contributed by atoms with van der Waals surface area (Å²) in [4.78, 5) is 0. The van der Waals surface area contributed by atoms with E-state index in [0.717, 1.165) is 35.9 Å². The molecule has 0 fully saturated rings. The number of fused-ring (bicyclic) bond motifs is 1. The summed E-state index contributed by atoms with van der Waals surface area (Å²) in [5.74, 6) is 0. The first-order valence-corrected chi connectivity index (χ1v) is 7.82. The monoisotopic (exact) mass is 301 g/mol. The molecule has 3 aromatic rings. The van der Waals surface area contributed by atoms with Crippen LogP contribution in [0.15, 0.2) is 30.3 Å². The number of nitrogens with zero attached hydrogens (tertiary/aromatic N) is 3. The van der Waals surface area contributed by atoms with E-state index in [4.69, 9.17) is 11.6 Å². The molecule has 110 valence electrons. The maximum atomic E-state index is 6.53. The zero-order valence-electron chi connectivity index (χ0n) is 12.7. The van der Waals surface area contributed by atoms with E-state index in [-0.39, 0.29) is 0 Å². The van der Waals surface area contributed by atoms with Crippen LogP contribution in [0.1, 0.15) is 30.9 Å². The van der Waals surface area contributed by atoms with Crippen molar-refractivity contribution in [2.24, 2.45) is 0 Å². The van der Waals surface area contributed by atoms with Crippen LogP contribution in [0.25, 0.3) is 10.9 Å². The zero-order chi connectivity index (χ0) is 15.0. The van der Waals surface area contributed by atoms with Gasteiger partial charge in [-0.3, -0.25) is 4.68 Å². The number of aromatic nitrogens is 3. The first-order valence-electron chi connectivity index (χ1n) is 7.44. The minimum Gasteiger partial charge on any atom is -0.339 e. The molecule has 2 aromatic heterocycles. The Balaban J connectivity index is 2.10. The van der Waals surface area contributed by atoms with Gasteiger partial charge in [-0.25, -0.2) is 0 Å². The second-order valence-corrected chi connectivity index (χ2v) is 5.69. The van der Waals surface area contributed by atoms with Gasteiger partial charge in [-0.05, 0) is 37.8 Å². The Labute approximate surface area is 130 Å². The molecule has 3 rings (SSSR count). The Morgan fingerprint density at radius 2 is 1.95 bits per heavy atom. The van der Waals surface area contributed by atoms with Crippen LogP contribution in [0.3, 0.4) is 0 Å². The average molecular weight is 302 g/mol. The van der Waals surface area contributed by atoms with E-state index in [2.05, 4.69) is 60.8 Å². The summed E-state index contributed by atoms with van der Waals surface area (Å²) in [7, 11) is 0. The van der Waals surface area contributed by atoms with Gasteiger partial charge in [-0.1, -0.05) is 36.7 Å². The Morgan fingerprint density at radius 1 is 1.19 bits per heavy atom. The van der Waals surface area contributed by atoms with Crippen molar-refractivity contribution in [1.29, 1.82) is 0 Å². The Kier molecular flexibility index (Phi) is 3.77. The van der Waals surface area contributed by atoms with Gasteiger partial charge in [-0.15, -0.1) is 0 Å². The summed E-state index contributed by atoms with van der Waals surface area (Å²) < 4.78 is 4.33. The molecule has 0 spiro atoms. The minimum absolute atomic E-state index is 0.763. The first-order chi connectivity index (χ1) is 10.2. The second kappa shape index (κ2) is 5.57. The molecule has 0 atom stereocenters. The molecule has 4 heteroatoms. The molecule has 0 aliphatic carbocycles. The average Bonchev–Trinajstić information content (AvgIpc) is 2.98. The predicted octanol–water partition coefficient (Wildman–Crippen LogP) is 4.43. The Morgan fingerprint density at radius 3 is 2.67 bits per heavy atom. The summed E-state index contributed by atoms with van der Waals surface area (Å²) >= 11 is 6.53. The van der Waals surface area contributed by atoms with Crippen LogP contribution in [-0.2, 0) is 19.5 Å². The molecule has 0 saturated heterocycles. The molecule has 0 saturated carbocycles. The smallest absolute Gasteiger partial charge is 0.0868 e. The van der Waals surface area contributed by atoms with Crippen LogP contribution in [-0.4, -0.2) is 14.3 Å². The maximum Gasteiger partial charge on any atom is 0.0868 e. The van der Waals surface area contributed by atoms with Gasteiger partial charge < -0.3 is 4.57 Å². The topological polar surface area (TPSA) is 22.8 Å². The molecule has 0 aliphatic heterocycles. The lowest BCUT2D eigenvalue weighted by Crippen LogP contribution is -2.09. The lowest BCUT2D eigenvalue weighted by atomic mass is 10.2. The lowest BCUT2D eigenvalue weighted by molar-refractivity contribution is 0.596. The number of benzene rings is 1. The van der Waals surface area contributed by atoms with Crippen molar-refractivity contribution in [2.45, 2.75) is 40.3 Å². The molecular weight excluding hydrogens is 282 g/mol. The van der Waals surface area contributed by atoms with E-state index in [1.807, 2.05) is 4.68 Å². The lowest BCUT2D eigenvalue weighted by Gasteiger charge is -2.10. The number of halogens is 1. The fourth-order valence-corrected chi connectivity index (χ4v) is 3.21. The van der Waals surface area contributed by atoms with Crippen molar-refractivity contribution >= 4 is 22.5 Å². The van der Waals surface area contributed by atoms with Crippen LogP contribution >= 0.6 is 11.6 Å². The molecular formula is C17H20ClN3. The van der Waals surface area contributed by atoms with Crippen LogP contribution in [0.4, 0.5) is 0 Å². The highest BCUT2D eigenvalue weighted by molar-refractivity contribution is 6.31. The molecule has 0 amide bonds. The third kappa shape index (κ3) is 2.36. The molecule has 1 aromatic carbocycles. The summed E-state index contributed by atoms with van der Waals surface area (Å²) in [5.41, 5.74) is 4.57. The molecule has 2 heterocycles. The van der Waals surface area contributed by atoms with E-state index < -0.39 is 0 Å². The molecule has 0 bridgehead atoms. The van der Waals surface area contributed by atoms with Gasteiger partial charge in [0.05, 0.1) is 23.0 Å². The van der Waals surface area contributed by atoms with E-state index in [1.54, 1.807) is 0 Å². The minimum atomic E-state index is 0.763. The van der Waals surface area contributed by atoms with Crippen molar-refractivity contribution in [3.63, 3.8) is 0 Å². The third-order valence-electron chi connectivity index (χ3n) is 4.02. The SMILES string of the molecule is CCc1nn(CC)c(Cn2c(C)cc3ccccc32)c1Cl. The maximum absolute atomic E-state index is 6.53. The number of hydrogen-bond donors (Lipinski definition) is 0. The fraction of sp³-hybridized carbons (Fsp3) is 0.353. The highest BCUT2D eigenvalue weighted by Gasteiger charge is 2.16. The summed E-state index contributed by atoms with van der Waals surface area (Å²) in [6.45, 7) is 7.94. The Bertz CT molecular complexity index is 783. The third-order valence-corrected chi connectivity index (χ3v) is 4.46. The second-order valence-electron chi connectivity index (χ2n) is 5.31. The molecule has 0 unspecified atom stereocenters. The number of hydrogen-bond acceptors (Lipinski definition) is 1. The number of para-hydroxylation sites is 1. The van der Waals surface area contributed by atoms with Crippen LogP contribution in [0, 0.1) is 6.92 Å². The predicted molar refractivity (Wildman–Crippen MR) is 88.1 cm³/mol. The molecule has 0 radical (unpaired) electrons. The first kappa shape index (κ1) is 14.2. The summed E-state index contributed by atoms with van der Waals surface area (Å²) in [6, 6.07) is 10.7. The van der Waals surface area contributed by atoms with Crippen molar-refractivity contribution < 1.29 is 0 Å². The van der Waals surface area contributed by atoms with Gasteiger partial charge in [-0.2, -0.15) is 5.10 Å².